The van der Waals surface area contributed by atoms with E-state index in [1.54, 1.807) is 10.7 Å². The molecule has 2 N–H and O–H groups in total. The molecule has 1 fully saturated rings. The lowest BCUT2D eigenvalue weighted by Gasteiger charge is -2.11. The van der Waals surface area contributed by atoms with E-state index in [0.29, 0.717) is 18.2 Å². The Morgan fingerprint density at radius 1 is 1.55 bits per heavy atom. The first-order valence-electron chi connectivity index (χ1n) is 6.55. The first-order chi connectivity index (χ1) is 9.24. The Morgan fingerprint density at radius 2 is 2.40 bits per heavy atom. The normalized spacial score (nSPS) is 17.9. The molecule has 20 heavy (non-hydrogen) atoms. The molecule has 0 aliphatic carbocycles. The van der Waals surface area contributed by atoms with Crippen molar-refractivity contribution < 1.29 is 4.79 Å². The molecule has 0 bridgehead atoms. The molecule has 1 unspecified atom stereocenters. The third kappa shape index (κ3) is 2.91. The number of rotatable bonds is 3. The molecule has 3 rings (SSSR count). The summed E-state index contributed by atoms with van der Waals surface area (Å²) in [6.45, 7) is 1.73. The van der Waals surface area contributed by atoms with Crippen LogP contribution in [0.15, 0.2) is 18.2 Å². The number of carbonyl (C=O) groups is 1. The zero-order valence-electron chi connectivity index (χ0n) is 11.3. The second kappa shape index (κ2) is 6.19. The van der Waals surface area contributed by atoms with E-state index in [9.17, 15) is 4.79 Å². The van der Waals surface area contributed by atoms with Gasteiger partial charge in [-0.1, -0.05) is 5.21 Å². The Hall–Kier alpha value is -1.66. The number of hydrogen-bond acceptors (Lipinski definition) is 4. The van der Waals surface area contributed by atoms with Gasteiger partial charge in [-0.3, -0.25) is 4.79 Å². The van der Waals surface area contributed by atoms with Gasteiger partial charge < -0.3 is 10.6 Å². The maximum atomic E-state index is 12.1. The lowest BCUT2D eigenvalue weighted by molar-refractivity contribution is 0.0950. The molecule has 7 heteroatoms. The Kier molecular flexibility index (Phi) is 4.57. The smallest absolute Gasteiger partial charge is 0.251 e. The summed E-state index contributed by atoms with van der Waals surface area (Å²) in [4.78, 5) is 12.1. The van der Waals surface area contributed by atoms with Gasteiger partial charge in [-0.25, -0.2) is 4.68 Å². The fourth-order valence-corrected chi connectivity index (χ4v) is 2.43. The molecule has 1 aliphatic rings. The molecule has 0 spiro atoms. The van der Waals surface area contributed by atoms with E-state index in [1.807, 2.05) is 19.2 Å². The third-order valence-electron chi connectivity index (χ3n) is 3.54. The predicted octanol–water partition coefficient (Wildman–Crippen LogP) is 0.872. The molecule has 1 atom stereocenters. The maximum absolute atomic E-state index is 12.1. The van der Waals surface area contributed by atoms with Crippen molar-refractivity contribution in [2.75, 3.05) is 13.1 Å². The van der Waals surface area contributed by atoms with Gasteiger partial charge in [0.1, 0.15) is 5.52 Å². The van der Waals surface area contributed by atoms with Gasteiger partial charge in [-0.05, 0) is 37.6 Å². The summed E-state index contributed by atoms with van der Waals surface area (Å²) in [5.41, 5.74) is 2.30. The van der Waals surface area contributed by atoms with E-state index < -0.39 is 0 Å². The molecule has 1 saturated heterocycles. The second-order valence-electron chi connectivity index (χ2n) is 4.92. The van der Waals surface area contributed by atoms with E-state index in [1.165, 1.54) is 6.42 Å². The molecular weight excluding hydrogens is 278 g/mol. The Morgan fingerprint density at radius 3 is 3.15 bits per heavy atom. The number of hydrogen-bond donors (Lipinski definition) is 2. The fraction of sp³-hybridized carbons (Fsp3) is 0.462. The minimum absolute atomic E-state index is 0. The summed E-state index contributed by atoms with van der Waals surface area (Å²) in [7, 11) is 1.83. The van der Waals surface area contributed by atoms with E-state index in [4.69, 9.17) is 0 Å². The molecule has 2 aromatic rings. The number of aromatic nitrogens is 3. The van der Waals surface area contributed by atoms with E-state index >= 15 is 0 Å². The lowest BCUT2D eigenvalue weighted by Crippen LogP contribution is -2.37. The molecule has 2 heterocycles. The molecule has 108 valence electrons. The van der Waals surface area contributed by atoms with Crippen molar-refractivity contribution >= 4 is 29.3 Å². The van der Waals surface area contributed by atoms with Crippen LogP contribution in [0.1, 0.15) is 23.2 Å². The monoisotopic (exact) mass is 295 g/mol. The number of benzene rings is 1. The van der Waals surface area contributed by atoms with Crippen LogP contribution in [0.2, 0.25) is 0 Å². The van der Waals surface area contributed by atoms with Gasteiger partial charge in [0.05, 0.1) is 5.52 Å². The van der Waals surface area contributed by atoms with Crippen LogP contribution in [0.4, 0.5) is 0 Å². The number of nitrogens with one attached hydrogen (secondary N) is 2. The summed E-state index contributed by atoms with van der Waals surface area (Å²) in [6, 6.07) is 5.87. The van der Waals surface area contributed by atoms with Crippen LogP contribution in [0, 0.1) is 0 Å². The van der Waals surface area contributed by atoms with Crippen molar-refractivity contribution in [1.82, 2.24) is 25.6 Å². The lowest BCUT2D eigenvalue weighted by atomic mass is 10.1. The molecule has 1 aromatic heterocycles. The standard InChI is InChI=1S/C13H17N5O.ClH/c1-18-12-5-4-9(7-11(12)16-17-18)13(19)15-8-10-3-2-6-14-10;/h4-5,7,10,14H,2-3,6,8H2,1H3,(H,15,19);1H. The van der Waals surface area contributed by atoms with Gasteiger partial charge in [0.15, 0.2) is 0 Å². The summed E-state index contributed by atoms with van der Waals surface area (Å²) >= 11 is 0. The SMILES string of the molecule is Cl.Cn1nnc2cc(C(=O)NCC3CCCN3)ccc21. The van der Waals surface area contributed by atoms with Crippen molar-refractivity contribution in [2.24, 2.45) is 7.05 Å². The highest BCUT2D eigenvalue weighted by atomic mass is 35.5. The van der Waals surface area contributed by atoms with Crippen molar-refractivity contribution in [2.45, 2.75) is 18.9 Å². The van der Waals surface area contributed by atoms with Crippen LogP contribution in [-0.4, -0.2) is 40.0 Å². The molecular formula is C13H18ClN5O. The molecule has 0 saturated carbocycles. The highest BCUT2D eigenvalue weighted by Crippen LogP contribution is 2.12. The second-order valence-corrected chi connectivity index (χ2v) is 4.92. The molecule has 1 aromatic carbocycles. The minimum Gasteiger partial charge on any atom is -0.350 e. The molecule has 6 nitrogen and oxygen atoms in total. The maximum Gasteiger partial charge on any atom is 0.251 e. The first-order valence-corrected chi connectivity index (χ1v) is 6.55. The number of amides is 1. The zero-order valence-corrected chi connectivity index (χ0v) is 12.1. The van der Waals surface area contributed by atoms with Gasteiger partial charge >= 0.3 is 0 Å². The molecule has 1 amide bonds. The van der Waals surface area contributed by atoms with E-state index in [-0.39, 0.29) is 18.3 Å². The largest absolute Gasteiger partial charge is 0.350 e. The quantitative estimate of drug-likeness (QED) is 0.881. The number of halogens is 1. The molecule has 0 radical (unpaired) electrons. The van der Waals surface area contributed by atoms with Crippen LogP contribution < -0.4 is 10.6 Å². The van der Waals surface area contributed by atoms with Gasteiger partial charge in [-0.15, -0.1) is 17.5 Å². The van der Waals surface area contributed by atoms with Gasteiger partial charge in [0.2, 0.25) is 0 Å². The van der Waals surface area contributed by atoms with Crippen molar-refractivity contribution in [1.29, 1.82) is 0 Å². The van der Waals surface area contributed by atoms with Gasteiger partial charge in [0, 0.05) is 25.2 Å². The summed E-state index contributed by atoms with van der Waals surface area (Å²) in [6.07, 6.45) is 2.32. The van der Waals surface area contributed by atoms with E-state index in [2.05, 4.69) is 20.9 Å². The van der Waals surface area contributed by atoms with Gasteiger partial charge in [0.25, 0.3) is 5.91 Å². The number of carbonyl (C=O) groups excluding carboxylic acids is 1. The summed E-state index contributed by atoms with van der Waals surface area (Å²) in [5.74, 6) is -0.0544. The third-order valence-corrected chi connectivity index (χ3v) is 3.54. The minimum atomic E-state index is -0.0544. The fourth-order valence-electron chi connectivity index (χ4n) is 2.43. The van der Waals surface area contributed by atoms with Crippen LogP contribution in [0.5, 0.6) is 0 Å². The highest BCUT2D eigenvalue weighted by Gasteiger charge is 2.15. The zero-order chi connectivity index (χ0) is 13.2. The predicted molar refractivity (Wildman–Crippen MR) is 79.1 cm³/mol. The molecule has 1 aliphatic heterocycles. The topological polar surface area (TPSA) is 71.8 Å². The average molecular weight is 296 g/mol. The summed E-state index contributed by atoms with van der Waals surface area (Å²) in [5, 5.41) is 14.3. The number of aryl methyl sites for hydroxylation is 1. The number of nitrogens with zero attached hydrogens (tertiary/aromatic N) is 3. The Balaban J connectivity index is 0.00000147. The average Bonchev–Trinajstić information content (AvgIpc) is 3.06. The van der Waals surface area contributed by atoms with Crippen LogP contribution in [0.25, 0.3) is 11.0 Å². The van der Waals surface area contributed by atoms with Crippen molar-refractivity contribution in [3.8, 4) is 0 Å². The number of fused-ring (bicyclic) bond motifs is 1. The summed E-state index contributed by atoms with van der Waals surface area (Å²) < 4.78 is 1.69. The van der Waals surface area contributed by atoms with Crippen LogP contribution in [0.3, 0.4) is 0 Å². The Bertz CT molecular complexity index is 606. The van der Waals surface area contributed by atoms with E-state index in [0.717, 1.165) is 24.0 Å². The van der Waals surface area contributed by atoms with Crippen LogP contribution in [-0.2, 0) is 7.05 Å². The highest BCUT2D eigenvalue weighted by molar-refractivity contribution is 5.97. The van der Waals surface area contributed by atoms with Crippen LogP contribution >= 0.6 is 12.4 Å². The first kappa shape index (κ1) is 14.7. The van der Waals surface area contributed by atoms with Gasteiger partial charge in [-0.2, -0.15) is 0 Å². The van der Waals surface area contributed by atoms with Crippen molar-refractivity contribution in [3.63, 3.8) is 0 Å². The van der Waals surface area contributed by atoms with Crippen molar-refractivity contribution in [3.05, 3.63) is 23.8 Å². The Labute approximate surface area is 123 Å².